The molecule has 1 fully saturated rings. The Morgan fingerprint density at radius 2 is 1.95 bits per heavy atom. The largest absolute Gasteiger partial charge is 0.355 e. The molecule has 5 heteroatoms. The minimum absolute atomic E-state index is 0.0560. The average Bonchev–Trinajstić information content (AvgIpc) is 2.37. The highest BCUT2D eigenvalue weighted by atomic mass is 32.2. The monoisotopic (exact) mass is 287 g/mol. The van der Waals surface area contributed by atoms with Crippen LogP contribution in [0.4, 0.5) is 0 Å². The Hall–Kier alpha value is -0.840. The molecule has 0 heterocycles. The lowest BCUT2D eigenvalue weighted by atomic mass is 9.87. The molecule has 4 nitrogen and oxygen atoms in total. The zero-order valence-electron chi connectivity index (χ0n) is 11.7. The Morgan fingerprint density at radius 3 is 2.58 bits per heavy atom. The van der Waals surface area contributed by atoms with Gasteiger partial charge in [-0.3, -0.25) is 4.79 Å². The smallest absolute Gasteiger partial charge is 0.235 e. The maximum absolute atomic E-state index is 11.6. The van der Waals surface area contributed by atoms with Crippen molar-refractivity contribution >= 4 is 15.7 Å². The number of nitrogens with one attached hydrogen (secondary N) is 1. The average molecular weight is 287 g/mol. The molecule has 110 valence electrons. The summed E-state index contributed by atoms with van der Waals surface area (Å²) in [5.74, 6) is -0.129. The third-order valence-corrected chi connectivity index (χ3v) is 4.94. The molecule has 0 radical (unpaired) electrons. The van der Waals surface area contributed by atoms with Gasteiger partial charge in [-0.1, -0.05) is 44.3 Å². The van der Waals surface area contributed by atoms with E-state index in [-0.39, 0.29) is 11.7 Å². The topological polar surface area (TPSA) is 63.2 Å². The van der Waals surface area contributed by atoms with Crippen molar-refractivity contribution < 1.29 is 13.2 Å². The summed E-state index contributed by atoms with van der Waals surface area (Å²) in [6, 6.07) is 0. The van der Waals surface area contributed by atoms with E-state index in [0.717, 1.165) is 6.42 Å². The van der Waals surface area contributed by atoms with Gasteiger partial charge in [0.25, 0.3) is 0 Å². The summed E-state index contributed by atoms with van der Waals surface area (Å²) in [6.07, 6.45) is 10.6. The second-order valence-corrected chi connectivity index (χ2v) is 7.38. The van der Waals surface area contributed by atoms with Gasteiger partial charge in [0.2, 0.25) is 5.91 Å². The van der Waals surface area contributed by atoms with Gasteiger partial charge in [0, 0.05) is 6.54 Å². The summed E-state index contributed by atoms with van der Waals surface area (Å²) >= 11 is 0. The van der Waals surface area contributed by atoms with Crippen molar-refractivity contribution in [1.29, 1.82) is 0 Å². The van der Waals surface area contributed by atoms with Gasteiger partial charge in [-0.25, -0.2) is 8.42 Å². The van der Waals surface area contributed by atoms with Crippen LogP contribution in [0, 0.1) is 5.92 Å². The van der Waals surface area contributed by atoms with E-state index in [1.807, 2.05) is 0 Å². The molecule has 1 N–H and O–H groups in total. The van der Waals surface area contributed by atoms with Gasteiger partial charge >= 0.3 is 0 Å². The summed E-state index contributed by atoms with van der Waals surface area (Å²) in [5, 5.41) is 2.72. The van der Waals surface area contributed by atoms with Gasteiger partial charge in [-0.05, 0) is 19.3 Å². The van der Waals surface area contributed by atoms with Crippen molar-refractivity contribution in [3.8, 4) is 0 Å². The highest BCUT2D eigenvalue weighted by Crippen LogP contribution is 2.25. The third-order valence-electron chi connectivity index (χ3n) is 3.54. The maximum atomic E-state index is 11.6. The third kappa shape index (κ3) is 7.35. The Bertz CT molecular complexity index is 395. The predicted octanol–water partition coefficient (Wildman–Crippen LogP) is 2.06. The molecule has 0 spiro atoms. The number of carbonyl (C=O) groups excluding carboxylic acids is 1. The molecule has 0 bridgehead atoms. The fraction of sp³-hybridized carbons (Fsp3) is 0.786. The molecule has 0 atom stereocenters. The summed E-state index contributed by atoms with van der Waals surface area (Å²) < 4.78 is 23.1. The molecule has 1 amide bonds. The molecule has 0 aliphatic heterocycles. The molecule has 0 aromatic carbocycles. The normalized spacial score (nSPS) is 17.7. The van der Waals surface area contributed by atoms with E-state index >= 15 is 0 Å². The Kier molecular flexibility index (Phi) is 7.13. The van der Waals surface area contributed by atoms with Crippen molar-refractivity contribution in [3.63, 3.8) is 0 Å². The van der Waals surface area contributed by atoms with Crippen molar-refractivity contribution in [2.45, 2.75) is 45.4 Å². The van der Waals surface area contributed by atoms with Crippen LogP contribution in [0.1, 0.15) is 45.4 Å². The number of carbonyl (C=O) groups is 1. The molecular formula is C14H25NO3S. The number of hydrogen-bond donors (Lipinski definition) is 1. The summed E-state index contributed by atoms with van der Waals surface area (Å²) in [5.41, 5.74) is 0. The van der Waals surface area contributed by atoms with Crippen LogP contribution in [0.2, 0.25) is 0 Å². The molecule has 1 saturated carbocycles. The van der Waals surface area contributed by atoms with Crippen LogP contribution in [0.25, 0.3) is 0 Å². The molecule has 0 unspecified atom stereocenters. The zero-order chi connectivity index (χ0) is 14.1. The van der Waals surface area contributed by atoms with Crippen molar-refractivity contribution in [2.75, 3.05) is 18.1 Å². The van der Waals surface area contributed by atoms with Crippen molar-refractivity contribution in [3.05, 3.63) is 12.2 Å². The Labute approximate surface area is 116 Å². The second kappa shape index (κ2) is 8.35. The quantitative estimate of drug-likeness (QED) is 0.729. The van der Waals surface area contributed by atoms with E-state index in [1.165, 1.54) is 32.1 Å². The zero-order valence-corrected chi connectivity index (χ0v) is 12.5. The van der Waals surface area contributed by atoms with Crippen LogP contribution >= 0.6 is 0 Å². The first kappa shape index (κ1) is 16.2. The lowest BCUT2D eigenvalue weighted by Crippen LogP contribution is -2.32. The van der Waals surface area contributed by atoms with E-state index < -0.39 is 15.6 Å². The van der Waals surface area contributed by atoms with Gasteiger partial charge in [-0.2, -0.15) is 0 Å². The number of rotatable bonds is 7. The highest BCUT2D eigenvalue weighted by molar-refractivity contribution is 7.92. The lowest BCUT2D eigenvalue weighted by Gasteiger charge is -2.21. The molecule has 0 aromatic heterocycles. The van der Waals surface area contributed by atoms with E-state index in [2.05, 4.69) is 5.32 Å². The predicted molar refractivity (Wildman–Crippen MR) is 77.7 cm³/mol. The van der Waals surface area contributed by atoms with E-state index in [9.17, 15) is 13.2 Å². The van der Waals surface area contributed by atoms with Crippen LogP contribution in [-0.2, 0) is 14.6 Å². The van der Waals surface area contributed by atoms with Gasteiger partial charge in [0.05, 0.1) is 5.75 Å². The number of hydrogen-bond acceptors (Lipinski definition) is 3. The van der Waals surface area contributed by atoms with E-state index in [4.69, 9.17) is 0 Å². The highest BCUT2D eigenvalue weighted by Gasteiger charge is 2.16. The molecule has 0 aromatic rings. The molecule has 0 saturated heterocycles. The number of allylic oxidation sites excluding steroid dienone is 1. The Morgan fingerprint density at radius 1 is 1.26 bits per heavy atom. The summed E-state index contributed by atoms with van der Waals surface area (Å²) in [7, 11) is -3.30. The number of amides is 1. The fourth-order valence-electron chi connectivity index (χ4n) is 2.44. The summed E-state index contributed by atoms with van der Waals surface area (Å²) in [4.78, 5) is 11.5. The first-order valence-corrected chi connectivity index (χ1v) is 8.94. The van der Waals surface area contributed by atoms with Gasteiger partial charge in [-0.15, -0.1) is 0 Å². The lowest BCUT2D eigenvalue weighted by molar-refractivity contribution is -0.118. The molecule has 1 rings (SSSR count). The van der Waals surface area contributed by atoms with Gasteiger partial charge in [0.15, 0.2) is 9.84 Å². The fourth-order valence-corrected chi connectivity index (χ4v) is 3.55. The second-order valence-electron chi connectivity index (χ2n) is 5.27. The van der Waals surface area contributed by atoms with Crippen LogP contribution < -0.4 is 5.32 Å². The van der Waals surface area contributed by atoms with Crippen molar-refractivity contribution in [1.82, 2.24) is 5.32 Å². The van der Waals surface area contributed by atoms with Crippen LogP contribution in [0.3, 0.4) is 0 Å². The van der Waals surface area contributed by atoms with E-state index in [0.29, 0.717) is 12.5 Å². The molecule has 1 aliphatic carbocycles. The number of sulfone groups is 1. The molecular weight excluding hydrogens is 262 g/mol. The molecule has 19 heavy (non-hydrogen) atoms. The Balaban J connectivity index is 2.20. The van der Waals surface area contributed by atoms with Crippen molar-refractivity contribution in [2.24, 2.45) is 5.92 Å². The van der Waals surface area contributed by atoms with Crippen LogP contribution in [0.5, 0.6) is 0 Å². The minimum Gasteiger partial charge on any atom is -0.355 e. The SMILES string of the molecule is C/C=C/CS(=O)(=O)CC(=O)NCCC1CCCCC1. The van der Waals surface area contributed by atoms with E-state index in [1.54, 1.807) is 19.1 Å². The van der Waals surface area contributed by atoms with Crippen LogP contribution in [0.15, 0.2) is 12.2 Å². The van der Waals surface area contributed by atoms with Gasteiger partial charge < -0.3 is 5.32 Å². The first-order chi connectivity index (χ1) is 9.03. The standard InChI is InChI=1S/C14H25NO3S/c1-2-3-11-19(17,18)12-14(16)15-10-9-13-7-5-4-6-8-13/h2-3,13H,4-12H2,1H3,(H,15,16)/b3-2+. The summed E-state index contributed by atoms with van der Waals surface area (Å²) in [6.45, 7) is 2.36. The first-order valence-electron chi connectivity index (χ1n) is 7.12. The van der Waals surface area contributed by atoms with Gasteiger partial charge in [0.1, 0.15) is 5.75 Å². The molecule has 1 aliphatic rings. The van der Waals surface area contributed by atoms with Crippen LogP contribution in [-0.4, -0.2) is 32.4 Å². The minimum atomic E-state index is -3.30. The maximum Gasteiger partial charge on any atom is 0.235 e.